The van der Waals surface area contributed by atoms with Crippen molar-refractivity contribution in [1.29, 1.82) is 0 Å². The predicted molar refractivity (Wildman–Crippen MR) is 102 cm³/mol. The van der Waals surface area contributed by atoms with Gasteiger partial charge in [0.1, 0.15) is 11.5 Å². The number of benzene rings is 2. The monoisotopic (exact) mass is 376 g/mol. The number of phenols is 2. The molecular weight excluding hydrogens is 348 g/mol. The molecule has 0 unspecified atom stereocenters. The van der Waals surface area contributed by atoms with Crippen molar-refractivity contribution >= 4 is 0 Å². The zero-order chi connectivity index (χ0) is 20.2. The molecule has 0 radical (unpaired) electrons. The third-order valence-electron chi connectivity index (χ3n) is 4.92. The van der Waals surface area contributed by atoms with Gasteiger partial charge in [0.25, 0.3) is 0 Å². The van der Waals surface area contributed by atoms with Crippen molar-refractivity contribution in [3.63, 3.8) is 0 Å². The maximum atomic E-state index is 10.5. The van der Waals surface area contributed by atoms with Crippen LogP contribution >= 0.6 is 0 Å². The Balaban J connectivity index is 2.65. The van der Waals surface area contributed by atoms with Crippen molar-refractivity contribution in [2.45, 2.75) is 45.7 Å². The maximum Gasteiger partial charge on any atom is 0.126 e. The van der Waals surface area contributed by atoms with Crippen LogP contribution in [0.1, 0.15) is 47.2 Å². The number of aromatic hydroxyl groups is 2. The highest BCUT2D eigenvalue weighted by molar-refractivity contribution is 5.52. The molecule has 27 heavy (non-hydrogen) atoms. The topological polar surface area (TPSA) is 99.4 Å². The lowest BCUT2D eigenvalue weighted by molar-refractivity contribution is 0.174. The van der Waals surface area contributed by atoms with Crippen LogP contribution in [0.5, 0.6) is 11.5 Å². The minimum Gasteiger partial charge on any atom is -0.507 e. The van der Waals surface area contributed by atoms with Gasteiger partial charge in [-0.2, -0.15) is 0 Å². The molecule has 0 bridgehead atoms. The van der Waals surface area contributed by atoms with Crippen molar-refractivity contribution in [1.82, 2.24) is 0 Å². The molecule has 0 aliphatic carbocycles. The van der Waals surface area contributed by atoms with Crippen LogP contribution in [0.3, 0.4) is 0 Å². The fourth-order valence-corrected chi connectivity index (χ4v) is 3.18. The standard InChI is InChI=1S/C21H28O6/c1-21(2,17-5-13(9-22)19(24)14(6-17)10-23)18-7-15(11-26-3)20(25)16(8-18)12-27-4/h5-8,22-25H,9-12H2,1-4H3. The molecule has 2 aromatic rings. The van der Waals surface area contributed by atoms with Crippen molar-refractivity contribution in [3.05, 3.63) is 57.6 Å². The molecule has 0 aliphatic rings. The molecule has 0 saturated heterocycles. The summed E-state index contributed by atoms with van der Waals surface area (Å²) in [6.45, 7) is 3.85. The largest absolute Gasteiger partial charge is 0.507 e. The highest BCUT2D eigenvalue weighted by atomic mass is 16.5. The molecule has 2 aromatic carbocycles. The minimum atomic E-state index is -0.528. The Hall–Kier alpha value is -2.12. The summed E-state index contributed by atoms with van der Waals surface area (Å²) in [6, 6.07) is 7.21. The average molecular weight is 376 g/mol. The number of phenolic OH excluding ortho intramolecular Hbond substituents is 1. The highest BCUT2D eigenvalue weighted by Crippen LogP contribution is 2.39. The van der Waals surface area contributed by atoms with E-state index in [0.717, 1.165) is 11.1 Å². The number of hydrogen-bond acceptors (Lipinski definition) is 6. The zero-order valence-electron chi connectivity index (χ0n) is 16.2. The van der Waals surface area contributed by atoms with Gasteiger partial charge in [0.15, 0.2) is 0 Å². The summed E-state index contributed by atoms with van der Waals surface area (Å²) >= 11 is 0. The molecular formula is C21H28O6. The van der Waals surface area contributed by atoms with Crippen molar-refractivity contribution < 1.29 is 29.9 Å². The van der Waals surface area contributed by atoms with Crippen molar-refractivity contribution in [2.75, 3.05) is 14.2 Å². The molecule has 2 rings (SSSR count). The van der Waals surface area contributed by atoms with Gasteiger partial charge in [-0.25, -0.2) is 0 Å². The second-order valence-corrected chi connectivity index (χ2v) is 7.09. The molecule has 0 fully saturated rings. The second-order valence-electron chi connectivity index (χ2n) is 7.09. The summed E-state index contributed by atoms with van der Waals surface area (Å²) in [5.41, 5.74) is 3.23. The molecule has 0 saturated carbocycles. The Bertz CT molecular complexity index is 745. The van der Waals surface area contributed by atoms with Crippen LogP contribution in [-0.4, -0.2) is 34.6 Å². The molecule has 148 valence electrons. The second kappa shape index (κ2) is 8.71. The molecule has 6 heteroatoms. The smallest absolute Gasteiger partial charge is 0.126 e. The van der Waals surface area contributed by atoms with Crippen LogP contribution in [-0.2, 0) is 41.3 Å². The number of hydrogen-bond donors (Lipinski definition) is 4. The molecule has 0 aromatic heterocycles. The van der Waals surface area contributed by atoms with E-state index >= 15 is 0 Å². The van der Waals surface area contributed by atoms with Gasteiger partial charge in [-0.15, -0.1) is 0 Å². The summed E-state index contributed by atoms with van der Waals surface area (Å²) in [5, 5.41) is 39.7. The lowest BCUT2D eigenvalue weighted by atomic mass is 9.76. The molecule has 0 spiro atoms. The Kier molecular flexibility index (Phi) is 6.84. The summed E-state index contributed by atoms with van der Waals surface area (Å²) in [5.74, 6) is 0.0569. The van der Waals surface area contributed by atoms with E-state index in [2.05, 4.69) is 0 Å². The van der Waals surface area contributed by atoms with Gasteiger partial charge in [0.2, 0.25) is 0 Å². The zero-order valence-corrected chi connectivity index (χ0v) is 16.2. The van der Waals surface area contributed by atoms with E-state index in [-0.39, 0.29) is 37.9 Å². The SMILES string of the molecule is COCc1cc(C(C)(C)c2cc(CO)c(O)c(CO)c2)cc(COC)c1O. The van der Waals surface area contributed by atoms with E-state index < -0.39 is 5.41 Å². The summed E-state index contributed by atoms with van der Waals surface area (Å²) < 4.78 is 10.4. The average Bonchev–Trinajstić information content (AvgIpc) is 2.65. The van der Waals surface area contributed by atoms with E-state index in [1.165, 1.54) is 0 Å². The Labute approximate surface area is 159 Å². The molecule has 0 amide bonds. The number of aliphatic hydroxyl groups excluding tert-OH is 2. The van der Waals surface area contributed by atoms with E-state index in [4.69, 9.17) is 9.47 Å². The molecule has 4 N–H and O–H groups in total. The first kappa shape index (κ1) is 21.2. The van der Waals surface area contributed by atoms with E-state index in [1.54, 1.807) is 26.4 Å². The van der Waals surface area contributed by atoms with E-state index in [0.29, 0.717) is 22.3 Å². The lowest BCUT2D eigenvalue weighted by Gasteiger charge is -2.29. The van der Waals surface area contributed by atoms with Gasteiger partial charge in [-0.05, 0) is 35.4 Å². The summed E-state index contributed by atoms with van der Waals surface area (Å²) in [6.07, 6.45) is 0. The number of rotatable bonds is 8. The Morgan fingerprint density at radius 2 is 1.04 bits per heavy atom. The quantitative estimate of drug-likeness (QED) is 0.565. The maximum absolute atomic E-state index is 10.5. The molecule has 0 atom stereocenters. The highest BCUT2D eigenvalue weighted by Gasteiger charge is 2.27. The van der Waals surface area contributed by atoms with Gasteiger partial charge in [0, 0.05) is 41.9 Å². The summed E-state index contributed by atoms with van der Waals surface area (Å²) in [4.78, 5) is 0. The van der Waals surface area contributed by atoms with Crippen LogP contribution < -0.4 is 0 Å². The third-order valence-corrected chi connectivity index (χ3v) is 4.92. The Morgan fingerprint density at radius 3 is 1.37 bits per heavy atom. The molecule has 6 nitrogen and oxygen atoms in total. The van der Waals surface area contributed by atoms with Gasteiger partial charge >= 0.3 is 0 Å². The van der Waals surface area contributed by atoms with Gasteiger partial charge < -0.3 is 29.9 Å². The summed E-state index contributed by atoms with van der Waals surface area (Å²) in [7, 11) is 3.13. The van der Waals surface area contributed by atoms with Gasteiger partial charge in [-0.1, -0.05) is 13.8 Å². The van der Waals surface area contributed by atoms with Crippen LogP contribution in [0.2, 0.25) is 0 Å². The lowest BCUT2D eigenvalue weighted by Crippen LogP contribution is -2.21. The van der Waals surface area contributed by atoms with Crippen molar-refractivity contribution in [2.24, 2.45) is 0 Å². The first-order valence-corrected chi connectivity index (χ1v) is 8.70. The first-order chi connectivity index (χ1) is 12.8. The molecule has 0 aliphatic heterocycles. The van der Waals surface area contributed by atoms with E-state index in [1.807, 2.05) is 26.0 Å². The predicted octanol–water partition coefficient (Wildman–Crippen LogP) is 2.70. The Morgan fingerprint density at radius 1 is 0.704 bits per heavy atom. The van der Waals surface area contributed by atoms with Gasteiger partial charge in [0.05, 0.1) is 26.4 Å². The third kappa shape index (κ3) is 4.25. The van der Waals surface area contributed by atoms with Crippen LogP contribution in [0.4, 0.5) is 0 Å². The van der Waals surface area contributed by atoms with Gasteiger partial charge in [-0.3, -0.25) is 0 Å². The first-order valence-electron chi connectivity index (χ1n) is 8.70. The van der Waals surface area contributed by atoms with Crippen molar-refractivity contribution in [3.8, 4) is 11.5 Å². The number of aliphatic hydroxyl groups is 2. The fourth-order valence-electron chi connectivity index (χ4n) is 3.18. The normalized spacial score (nSPS) is 11.8. The van der Waals surface area contributed by atoms with Crippen LogP contribution in [0.15, 0.2) is 24.3 Å². The number of ether oxygens (including phenoxy) is 2. The fraction of sp³-hybridized carbons (Fsp3) is 0.429. The van der Waals surface area contributed by atoms with Crippen LogP contribution in [0.25, 0.3) is 0 Å². The minimum absolute atomic E-state index is 0.0922. The molecule has 0 heterocycles. The van der Waals surface area contributed by atoms with E-state index in [9.17, 15) is 20.4 Å². The number of methoxy groups -OCH3 is 2. The van der Waals surface area contributed by atoms with Crippen LogP contribution in [0, 0.1) is 0 Å².